The van der Waals surface area contributed by atoms with Gasteiger partial charge in [0.2, 0.25) is 11.8 Å². The molecule has 0 radical (unpaired) electrons. The number of methoxy groups -OCH3 is 1. The summed E-state index contributed by atoms with van der Waals surface area (Å²) >= 11 is 0. The molecule has 0 saturated heterocycles. The van der Waals surface area contributed by atoms with Gasteiger partial charge >= 0.3 is 0 Å². The fourth-order valence-electron chi connectivity index (χ4n) is 3.49. The van der Waals surface area contributed by atoms with Crippen LogP contribution in [0.3, 0.4) is 0 Å². The molecule has 32 heavy (non-hydrogen) atoms. The maximum Gasteiger partial charge on any atom is 0.242 e. The van der Waals surface area contributed by atoms with E-state index >= 15 is 0 Å². The van der Waals surface area contributed by atoms with Crippen molar-refractivity contribution in [2.24, 2.45) is 0 Å². The summed E-state index contributed by atoms with van der Waals surface area (Å²) < 4.78 is 5.32. The minimum Gasteiger partial charge on any atom is -0.497 e. The molecule has 0 aliphatic carbocycles. The SMILES string of the molecule is COc1cccc(CN(C(=O)CCc2ccc(C(C)C)cc2)[C@@H](C)C(=O)NC(C)(C)C)c1. The van der Waals surface area contributed by atoms with Crippen LogP contribution in [0.15, 0.2) is 48.5 Å². The predicted octanol–water partition coefficient (Wildman–Crippen LogP) is 5.08. The highest BCUT2D eigenvalue weighted by Gasteiger charge is 2.28. The number of benzene rings is 2. The van der Waals surface area contributed by atoms with Crippen molar-refractivity contribution in [3.63, 3.8) is 0 Å². The summed E-state index contributed by atoms with van der Waals surface area (Å²) in [6.45, 7) is 12.3. The van der Waals surface area contributed by atoms with Gasteiger partial charge in [0.1, 0.15) is 11.8 Å². The molecule has 1 atom stereocenters. The normalized spacial score (nSPS) is 12.4. The molecule has 0 aliphatic heterocycles. The molecule has 2 aromatic rings. The van der Waals surface area contributed by atoms with Crippen LogP contribution in [0.4, 0.5) is 0 Å². The zero-order valence-electron chi connectivity index (χ0n) is 20.6. The lowest BCUT2D eigenvalue weighted by atomic mass is 10.00. The average Bonchev–Trinajstić information content (AvgIpc) is 2.74. The van der Waals surface area contributed by atoms with Crippen molar-refractivity contribution in [2.75, 3.05) is 7.11 Å². The molecule has 2 amide bonds. The summed E-state index contributed by atoms with van der Waals surface area (Å²) in [7, 11) is 1.62. The van der Waals surface area contributed by atoms with E-state index in [2.05, 4.69) is 43.4 Å². The number of nitrogens with zero attached hydrogens (tertiary/aromatic N) is 1. The van der Waals surface area contributed by atoms with Gasteiger partial charge in [-0.05, 0) is 68.9 Å². The Morgan fingerprint density at radius 1 is 1.00 bits per heavy atom. The van der Waals surface area contributed by atoms with Crippen LogP contribution in [0.5, 0.6) is 5.75 Å². The Hall–Kier alpha value is -2.82. The van der Waals surface area contributed by atoms with Gasteiger partial charge in [0.05, 0.1) is 7.11 Å². The average molecular weight is 439 g/mol. The molecular weight excluding hydrogens is 400 g/mol. The van der Waals surface area contributed by atoms with Crippen LogP contribution in [0.25, 0.3) is 0 Å². The summed E-state index contributed by atoms with van der Waals surface area (Å²) in [5.41, 5.74) is 2.96. The maximum atomic E-state index is 13.3. The highest BCUT2D eigenvalue weighted by Crippen LogP contribution is 2.19. The number of carbonyl (C=O) groups is 2. The third kappa shape index (κ3) is 7.70. The second-order valence-corrected chi connectivity index (χ2v) is 9.68. The Labute approximate surface area is 193 Å². The summed E-state index contributed by atoms with van der Waals surface area (Å²) in [5, 5.41) is 3.00. The fraction of sp³-hybridized carbons (Fsp3) is 0.481. The van der Waals surface area contributed by atoms with Gasteiger partial charge in [-0.25, -0.2) is 0 Å². The lowest BCUT2D eigenvalue weighted by Crippen LogP contribution is -2.52. The number of amides is 2. The minimum absolute atomic E-state index is 0.0442. The Morgan fingerprint density at radius 3 is 2.22 bits per heavy atom. The third-order valence-electron chi connectivity index (χ3n) is 5.43. The van der Waals surface area contributed by atoms with E-state index in [9.17, 15) is 9.59 Å². The van der Waals surface area contributed by atoms with Crippen molar-refractivity contribution in [2.45, 2.75) is 78.4 Å². The van der Waals surface area contributed by atoms with Crippen LogP contribution in [-0.4, -0.2) is 35.4 Å². The first-order valence-corrected chi connectivity index (χ1v) is 11.3. The molecule has 0 aromatic heterocycles. The molecule has 0 spiro atoms. The van der Waals surface area contributed by atoms with Gasteiger partial charge < -0.3 is 15.0 Å². The van der Waals surface area contributed by atoms with Crippen LogP contribution in [0.2, 0.25) is 0 Å². The van der Waals surface area contributed by atoms with Crippen LogP contribution in [0.1, 0.15) is 70.6 Å². The van der Waals surface area contributed by atoms with Crippen molar-refractivity contribution in [3.8, 4) is 5.75 Å². The van der Waals surface area contributed by atoms with Gasteiger partial charge in [-0.1, -0.05) is 50.2 Å². The second kappa shape index (κ2) is 11.2. The lowest BCUT2D eigenvalue weighted by molar-refractivity contribution is -0.141. The van der Waals surface area contributed by atoms with E-state index in [4.69, 9.17) is 4.74 Å². The predicted molar refractivity (Wildman–Crippen MR) is 130 cm³/mol. The van der Waals surface area contributed by atoms with Crippen molar-refractivity contribution in [3.05, 3.63) is 65.2 Å². The van der Waals surface area contributed by atoms with Crippen molar-refractivity contribution in [1.82, 2.24) is 10.2 Å². The summed E-state index contributed by atoms with van der Waals surface area (Å²) in [4.78, 5) is 27.8. The number of nitrogens with one attached hydrogen (secondary N) is 1. The highest BCUT2D eigenvalue weighted by molar-refractivity contribution is 5.87. The molecule has 2 aromatic carbocycles. The Kier molecular flexibility index (Phi) is 8.88. The zero-order chi connectivity index (χ0) is 23.9. The Morgan fingerprint density at radius 2 is 1.66 bits per heavy atom. The molecule has 2 rings (SSSR count). The summed E-state index contributed by atoms with van der Waals surface area (Å²) in [6, 6.07) is 15.4. The van der Waals surface area contributed by atoms with E-state index < -0.39 is 6.04 Å². The van der Waals surface area contributed by atoms with Gasteiger partial charge in [0.15, 0.2) is 0 Å². The molecule has 1 N–H and O–H groups in total. The standard InChI is InChI=1S/C27H38N2O3/c1-19(2)23-14-11-21(12-15-23)13-16-25(30)29(20(3)26(31)28-27(4,5)6)18-22-9-8-10-24(17-22)32-7/h8-12,14-15,17,19-20H,13,16,18H2,1-7H3,(H,28,31)/t20-/m0/s1. The van der Waals surface area contributed by atoms with Crippen LogP contribution >= 0.6 is 0 Å². The van der Waals surface area contributed by atoms with Crippen molar-refractivity contribution < 1.29 is 14.3 Å². The van der Waals surface area contributed by atoms with Crippen LogP contribution in [0, 0.1) is 0 Å². The highest BCUT2D eigenvalue weighted by atomic mass is 16.5. The van der Waals surface area contributed by atoms with Crippen molar-refractivity contribution >= 4 is 11.8 Å². The molecule has 0 heterocycles. The van der Waals surface area contributed by atoms with Gasteiger partial charge in [-0.15, -0.1) is 0 Å². The Bertz CT molecular complexity index is 898. The molecule has 0 saturated carbocycles. The monoisotopic (exact) mass is 438 g/mol. The molecule has 0 aliphatic rings. The van der Waals surface area contributed by atoms with Gasteiger partial charge in [0, 0.05) is 18.5 Å². The van der Waals surface area contributed by atoms with E-state index in [0.717, 1.165) is 16.9 Å². The maximum absolute atomic E-state index is 13.3. The number of hydrogen-bond acceptors (Lipinski definition) is 3. The molecule has 5 nitrogen and oxygen atoms in total. The van der Waals surface area contributed by atoms with E-state index in [-0.39, 0.29) is 17.4 Å². The third-order valence-corrected chi connectivity index (χ3v) is 5.43. The quantitative estimate of drug-likeness (QED) is 0.594. The molecule has 0 unspecified atom stereocenters. The number of hydrogen-bond donors (Lipinski definition) is 1. The fourth-order valence-corrected chi connectivity index (χ4v) is 3.49. The number of carbonyl (C=O) groups excluding carboxylic acids is 2. The Balaban J connectivity index is 2.17. The molecule has 5 heteroatoms. The van der Waals surface area contributed by atoms with Crippen LogP contribution in [-0.2, 0) is 22.6 Å². The van der Waals surface area contributed by atoms with Crippen LogP contribution < -0.4 is 10.1 Å². The largest absolute Gasteiger partial charge is 0.497 e. The van der Waals surface area contributed by atoms with E-state index in [0.29, 0.717) is 25.3 Å². The smallest absolute Gasteiger partial charge is 0.242 e. The lowest BCUT2D eigenvalue weighted by Gasteiger charge is -2.31. The topological polar surface area (TPSA) is 58.6 Å². The van der Waals surface area contributed by atoms with Gasteiger partial charge in [-0.3, -0.25) is 9.59 Å². The number of ether oxygens (including phenoxy) is 1. The molecular formula is C27H38N2O3. The van der Waals surface area contributed by atoms with Gasteiger partial charge in [-0.2, -0.15) is 0 Å². The first kappa shape index (κ1) is 25.4. The molecule has 0 fully saturated rings. The summed E-state index contributed by atoms with van der Waals surface area (Å²) in [6.07, 6.45) is 0.984. The first-order valence-electron chi connectivity index (χ1n) is 11.3. The molecule has 0 bridgehead atoms. The first-order chi connectivity index (χ1) is 15.0. The van der Waals surface area contributed by atoms with E-state index in [1.165, 1.54) is 5.56 Å². The summed E-state index contributed by atoms with van der Waals surface area (Å²) in [5.74, 6) is 1.01. The zero-order valence-corrected chi connectivity index (χ0v) is 20.6. The van der Waals surface area contributed by atoms with E-state index in [1.807, 2.05) is 45.0 Å². The minimum atomic E-state index is -0.587. The van der Waals surface area contributed by atoms with Crippen molar-refractivity contribution in [1.29, 1.82) is 0 Å². The molecule has 174 valence electrons. The second-order valence-electron chi connectivity index (χ2n) is 9.68. The number of aryl methyl sites for hydroxylation is 1. The number of rotatable bonds is 9. The van der Waals surface area contributed by atoms with E-state index in [1.54, 1.807) is 18.9 Å². The van der Waals surface area contributed by atoms with Gasteiger partial charge in [0.25, 0.3) is 0 Å².